The van der Waals surface area contributed by atoms with Crippen molar-refractivity contribution < 1.29 is 9.53 Å². The summed E-state index contributed by atoms with van der Waals surface area (Å²) in [4.78, 5) is 24.7. The molecule has 3 heterocycles. The lowest BCUT2D eigenvalue weighted by Gasteiger charge is -2.37. The zero-order valence-corrected chi connectivity index (χ0v) is 24.3. The fourth-order valence-electron chi connectivity index (χ4n) is 5.48. The van der Waals surface area contributed by atoms with Gasteiger partial charge in [0.1, 0.15) is 0 Å². The van der Waals surface area contributed by atoms with Crippen LogP contribution in [0.2, 0.25) is 0 Å². The second kappa shape index (κ2) is 12.8. The molecule has 0 saturated heterocycles. The zero-order chi connectivity index (χ0) is 29.6. The van der Waals surface area contributed by atoms with Gasteiger partial charge in [-0.05, 0) is 48.9 Å². The summed E-state index contributed by atoms with van der Waals surface area (Å²) in [7, 11) is 3.51. The van der Waals surface area contributed by atoms with Gasteiger partial charge >= 0.3 is 6.03 Å². The Morgan fingerprint density at radius 3 is 2.44 bits per heavy atom. The zero-order valence-electron chi connectivity index (χ0n) is 24.3. The third kappa shape index (κ3) is 6.66. The fourth-order valence-corrected chi connectivity index (χ4v) is 5.48. The summed E-state index contributed by atoms with van der Waals surface area (Å²) in [5.41, 5.74) is 4.04. The molecule has 220 valence electrons. The third-order valence-corrected chi connectivity index (χ3v) is 7.75. The van der Waals surface area contributed by atoms with E-state index in [9.17, 15) is 4.79 Å². The van der Waals surface area contributed by atoms with Crippen molar-refractivity contribution in [1.82, 2.24) is 34.8 Å². The Morgan fingerprint density at radius 1 is 0.953 bits per heavy atom. The number of rotatable bonds is 9. The van der Waals surface area contributed by atoms with E-state index in [4.69, 9.17) is 4.74 Å². The van der Waals surface area contributed by atoms with E-state index in [0.29, 0.717) is 24.1 Å². The molecule has 1 saturated carbocycles. The first-order chi connectivity index (χ1) is 21.1. The highest BCUT2D eigenvalue weighted by molar-refractivity contribution is 5.93. The average Bonchev–Trinajstić information content (AvgIpc) is 3.71. The first-order valence-corrected chi connectivity index (χ1v) is 14.4. The average molecular weight is 578 g/mol. The number of urea groups is 1. The number of nitrogens with zero attached hydrogens (tertiary/aromatic N) is 7. The van der Waals surface area contributed by atoms with Crippen molar-refractivity contribution in [2.45, 2.75) is 44.3 Å². The summed E-state index contributed by atoms with van der Waals surface area (Å²) in [6, 6.07) is 20.1. The molecule has 11 heteroatoms. The highest BCUT2D eigenvalue weighted by atomic mass is 16.5. The van der Waals surface area contributed by atoms with Gasteiger partial charge in [0.25, 0.3) is 0 Å². The highest BCUT2D eigenvalue weighted by Gasteiger charge is 2.30. The van der Waals surface area contributed by atoms with E-state index in [1.54, 1.807) is 41.1 Å². The predicted molar refractivity (Wildman–Crippen MR) is 165 cm³/mol. The van der Waals surface area contributed by atoms with Crippen LogP contribution in [-0.4, -0.2) is 54.8 Å². The summed E-state index contributed by atoms with van der Waals surface area (Å²) >= 11 is 0. The topological polar surface area (TPSA) is 115 Å². The summed E-state index contributed by atoms with van der Waals surface area (Å²) in [6.45, 7) is 0.469. The fraction of sp³-hybridized carbons (Fsp3) is 0.281. The summed E-state index contributed by atoms with van der Waals surface area (Å²) in [6.07, 6.45) is 12.4. The predicted octanol–water partition coefficient (Wildman–Crippen LogP) is 5.21. The monoisotopic (exact) mass is 577 g/mol. The lowest BCUT2D eigenvalue weighted by atomic mass is 9.90. The molecule has 0 aliphatic heterocycles. The molecule has 2 amide bonds. The van der Waals surface area contributed by atoms with Crippen molar-refractivity contribution >= 4 is 17.7 Å². The van der Waals surface area contributed by atoms with E-state index in [0.717, 1.165) is 48.1 Å². The molecule has 0 atom stereocenters. The minimum Gasteiger partial charge on any atom is -0.493 e. The van der Waals surface area contributed by atoms with Gasteiger partial charge in [0.15, 0.2) is 11.6 Å². The van der Waals surface area contributed by atoms with Crippen molar-refractivity contribution in [2.24, 2.45) is 7.05 Å². The Hall–Kier alpha value is -5.19. The summed E-state index contributed by atoms with van der Waals surface area (Å²) in [5, 5.41) is 15.2. The molecule has 43 heavy (non-hydrogen) atoms. The van der Waals surface area contributed by atoms with Crippen LogP contribution >= 0.6 is 0 Å². The van der Waals surface area contributed by atoms with E-state index >= 15 is 0 Å². The second-order valence-corrected chi connectivity index (χ2v) is 10.7. The molecular formula is C32H35N9O2. The van der Waals surface area contributed by atoms with Gasteiger partial charge in [0.05, 0.1) is 25.7 Å². The number of amides is 2. The molecule has 11 nitrogen and oxygen atoms in total. The van der Waals surface area contributed by atoms with Crippen LogP contribution < -0.4 is 20.3 Å². The minimum absolute atomic E-state index is 0.0573. The first-order valence-electron chi connectivity index (χ1n) is 14.4. The van der Waals surface area contributed by atoms with Gasteiger partial charge < -0.3 is 15.4 Å². The van der Waals surface area contributed by atoms with Crippen LogP contribution in [0.25, 0.3) is 16.9 Å². The van der Waals surface area contributed by atoms with E-state index in [-0.39, 0.29) is 18.1 Å². The number of aryl methyl sites for hydroxylation is 1. The van der Waals surface area contributed by atoms with Crippen molar-refractivity contribution in [3.63, 3.8) is 0 Å². The molecule has 1 aliphatic rings. The molecule has 0 radical (unpaired) electrons. The molecule has 5 aromatic rings. The second-order valence-electron chi connectivity index (χ2n) is 10.7. The van der Waals surface area contributed by atoms with Gasteiger partial charge in [-0.1, -0.05) is 42.5 Å². The van der Waals surface area contributed by atoms with Crippen LogP contribution in [0.4, 0.5) is 16.4 Å². The first kappa shape index (κ1) is 28.0. The molecule has 3 aromatic heterocycles. The maximum Gasteiger partial charge on any atom is 0.322 e. The maximum absolute atomic E-state index is 13.7. The van der Waals surface area contributed by atoms with Gasteiger partial charge in [-0.15, -0.1) is 0 Å². The molecule has 2 N–H and O–H groups in total. The van der Waals surface area contributed by atoms with Gasteiger partial charge in [-0.25, -0.2) is 14.5 Å². The number of ether oxygens (including phenoxy) is 1. The van der Waals surface area contributed by atoms with E-state index in [1.165, 1.54) is 0 Å². The maximum atomic E-state index is 13.7. The van der Waals surface area contributed by atoms with Crippen LogP contribution in [0.3, 0.4) is 0 Å². The number of carbonyl (C=O) groups is 1. The van der Waals surface area contributed by atoms with Crippen molar-refractivity contribution in [1.29, 1.82) is 0 Å². The minimum atomic E-state index is -0.0972. The number of aromatic nitrogens is 6. The summed E-state index contributed by atoms with van der Waals surface area (Å²) < 4.78 is 8.68. The number of methoxy groups -OCH3 is 1. The quantitative estimate of drug-likeness (QED) is 0.247. The normalized spacial score (nSPS) is 16.4. The van der Waals surface area contributed by atoms with Crippen LogP contribution in [0, 0.1) is 0 Å². The molecule has 6 rings (SSSR count). The number of carbonyl (C=O) groups excluding carboxylic acids is 1. The van der Waals surface area contributed by atoms with Gasteiger partial charge in [0, 0.05) is 55.4 Å². The number of benzene rings is 2. The van der Waals surface area contributed by atoms with Crippen LogP contribution in [0.5, 0.6) is 5.75 Å². The Morgan fingerprint density at radius 2 is 1.74 bits per heavy atom. The lowest BCUT2D eigenvalue weighted by Crippen LogP contribution is -2.48. The Kier molecular flexibility index (Phi) is 8.30. The van der Waals surface area contributed by atoms with Crippen molar-refractivity contribution in [3.8, 4) is 22.7 Å². The molecule has 0 bridgehead atoms. The molecule has 0 unspecified atom stereocenters. The van der Waals surface area contributed by atoms with Crippen LogP contribution in [-0.2, 0) is 13.6 Å². The Bertz CT molecular complexity index is 1640. The number of anilines is 2. The van der Waals surface area contributed by atoms with Crippen molar-refractivity contribution in [3.05, 3.63) is 97.2 Å². The molecule has 1 aliphatic carbocycles. The van der Waals surface area contributed by atoms with Crippen LogP contribution in [0.1, 0.15) is 31.2 Å². The Labute approximate surface area is 250 Å². The SMILES string of the molecule is COc1cnn(-c2ccnc(NC3CCC(N(C(=O)NCc4ccccc4)c4ccc(-c5cnn(C)c5)cc4)CC3)n2)c1. The molecule has 2 aromatic carbocycles. The van der Waals surface area contributed by atoms with Gasteiger partial charge in [0.2, 0.25) is 5.95 Å². The van der Waals surface area contributed by atoms with Crippen LogP contribution in [0.15, 0.2) is 91.6 Å². The smallest absolute Gasteiger partial charge is 0.322 e. The van der Waals surface area contributed by atoms with Gasteiger partial charge in [-0.2, -0.15) is 15.2 Å². The molecule has 1 fully saturated rings. The number of hydrogen-bond donors (Lipinski definition) is 2. The Balaban J connectivity index is 1.14. The summed E-state index contributed by atoms with van der Waals surface area (Å²) in [5.74, 6) is 1.87. The highest BCUT2D eigenvalue weighted by Crippen LogP contribution is 2.31. The number of hydrogen-bond acceptors (Lipinski definition) is 7. The van der Waals surface area contributed by atoms with Gasteiger partial charge in [-0.3, -0.25) is 9.58 Å². The van der Waals surface area contributed by atoms with E-state index < -0.39 is 0 Å². The largest absolute Gasteiger partial charge is 0.493 e. The number of nitrogens with one attached hydrogen (secondary N) is 2. The van der Waals surface area contributed by atoms with E-state index in [2.05, 4.69) is 42.9 Å². The molecule has 0 spiro atoms. The lowest BCUT2D eigenvalue weighted by molar-refractivity contribution is 0.240. The van der Waals surface area contributed by atoms with E-state index in [1.807, 2.05) is 66.8 Å². The molecular weight excluding hydrogens is 542 g/mol. The third-order valence-electron chi connectivity index (χ3n) is 7.75. The standard InChI is InChI=1S/C32H35N9O2/c1-39-21-25(19-35-39)24-8-12-27(13-9-24)41(32(42)34-18-23-6-4-3-5-7-23)28-14-10-26(11-15-28)37-31-33-17-16-30(38-31)40-22-29(43-2)20-36-40/h3-9,12-13,16-17,19-22,26,28H,10-11,14-15,18H2,1-2H3,(H,34,42)(H,33,37,38). The van der Waals surface area contributed by atoms with Crippen molar-refractivity contribution in [2.75, 3.05) is 17.3 Å².